The SMILES string of the molecule is COc1ccc2nc3c(c(NCCc4cc(F)c(F)c(F)c4)c2c1)CCCC3. The number of benzene rings is 2. The molecule has 28 heavy (non-hydrogen) atoms. The van der Waals surface area contributed by atoms with E-state index in [1.807, 2.05) is 18.2 Å². The Morgan fingerprint density at radius 1 is 1.04 bits per heavy atom. The van der Waals surface area contributed by atoms with Crippen LogP contribution in [0.4, 0.5) is 18.9 Å². The van der Waals surface area contributed by atoms with E-state index in [2.05, 4.69) is 5.32 Å². The molecule has 3 nitrogen and oxygen atoms in total. The molecular weight excluding hydrogens is 365 g/mol. The lowest BCUT2D eigenvalue weighted by atomic mass is 9.92. The molecule has 3 aromatic rings. The number of fused-ring (bicyclic) bond motifs is 2. The highest BCUT2D eigenvalue weighted by molar-refractivity contribution is 5.94. The third kappa shape index (κ3) is 3.51. The Hall–Kier alpha value is -2.76. The van der Waals surface area contributed by atoms with Crippen molar-refractivity contribution < 1.29 is 17.9 Å². The van der Waals surface area contributed by atoms with Crippen LogP contribution in [0.5, 0.6) is 5.75 Å². The molecule has 1 aromatic heterocycles. The number of hydrogen-bond acceptors (Lipinski definition) is 3. The fraction of sp³-hybridized carbons (Fsp3) is 0.318. The van der Waals surface area contributed by atoms with Crippen LogP contribution in [-0.2, 0) is 19.3 Å². The van der Waals surface area contributed by atoms with Crippen LogP contribution in [0.25, 0.3) is 10.9 Å². The van der Waals surface area contributed by atoms with Crippen LogP contribution in [0.2, 0.25) is 0 Å². The summed E-state index contributed by atoms with van der Waals surface area (Å²) in [6.45, 7) is 0.466. The van der Waals surface area contributed by atoms with E-state index in [-0.39, 0.29) is 0 Å². The summed E-state index contributed by atoms with van der Waals surface area (Å²) in [6.07, 6.45) is 4.48. The van der Waals surface area contributed by atoms with Crippen LogP contribution in [0.3, 0.4) is 0 Å². The maximum Gasteiger partial charge on any atom is 0.194 e. The second-order valence-corrected chi connectivity index (χ2v) is 7.05. The van der Waals surface area contributed by atoms with Gasteiger partial charge in [-0.3, -0.25) is 4.98 Å². The number of halogens is 3. The average molecular weight is 386 g/mol. The quantitative estimate of drug-likeness (QED) is 0.613. The largest absolute Gasteiger partial charge is 0.497 e. The van der Waals surface area contributed by atoms with Gasteiger partial charge in [0.1, 0.15) is 5.75 Å². The topological polar surface area (TPSA) is 34.1 Å². The number of nitrogens with zero attached hydrogens (tertiary/aromatic N) is 1. The molecule has 4 rings (SSSR count). The summed E-state index contributed by atoms with van der Waals surface area (Å²) in [5, 5.41) is 4.40. The van der Waals surface area contributed by atoms with Gasteiger partial charge in [-0.15, -0.1) is 0 Å². The van der Waals surface area contributed by atoms with Gasteiger partial charge in [-0.2, -0.15) is 0 Å². The highest BCUT2D eigenvalue weighted by atomic mass is 19.2. The van der Waals surface area contributed by atoms with Crippen LogP contribution in [0, 0.1) is 17.5 Å². The molecule has 0 amide bonds. The first-order valence-corrected chi connectivity index (χ1v) is 9.43. The van der Waals surface area contributed by atoms with Crippen molar-refractivity contribution in [2.75, 3.05) is 19.0 Å². The molecule has 1 heterocycles. The highest BCUT2D eigenvalue weighted by Gasteiger charge is 2.18. The molecule has 1 N–H and O–H groups in total. The van der Waals surface area contributed by atoms with Gasteiger partial charge in [-0.05, 0) is 73.6 Å². The number of anilines is 1. The Morgan fingerprint density at radius 3 is 2.54 bits per heavy atom. The Bertz CT molecular complexity index is 1010. The monoisotopic (exact) mass is 386 g/mol. The zero-order chi connectivity index (χ0) is 19.7. The van der Waals surface area contributed by atoms with E-state index >= 15 is 0 Å². The van der Waals surface area contributed by atoms with E-state index < -0.39 is 17.5 Å². The first kappa shape index (κ1) is 18.6. The highest BCUT2D eigenvalue weighted by Crippen LogP contribution is 2.35. The molecule has 1 aliphatic rings. The summed E-state index contributed by atoms with van der Waals surface area (Å²) >= 11 is 0. The molecule has 146 valence electrons. The molecule has 0 saturated carbocycles. The molecule has 0 unspecified atom stereocenters. The molecule has 0 fully saturated rings. The molecule has 0 bridgehead atoms. The first-order chi connectivity index (χ1) is 13.6. The minimum Gasteiger partial charge on any atom is -0.497 e. The fourth-order valence-corrected chi connectivity index (χ4v) is 3.82. The normalized spacial score (nSPS) is 13.4. The van der Waals surface area contributed by atoms with Crippen LogP contribution in [0.15, 0.2) is 30.3 Å². The Balaban J connectivity index is 1.65. The minimum atomic E-state index is -1.43. The average Bonchev–Trinajstić information content (AvgIpc) is 2.71. The maximum atomic E-state index is 13.4. The molecular formula is C22H21F3N2O. The number of nitrogens with one attached hydrogen (secondary N) is 1. The van der Waals surface area contributed by atoms with Gasteiger partial charge in [0.2, 0.25) is 0 Å². The number of pyridine rings is 1. The minimum absolute atomic E-state index is 0.372. The number of rotatable bonds is 5. The van der Waals surface area contributed by atoms with Crippen LogP contribution < -0.4 is 10.1 Å². The number of aryl methyl sites for hydroxylation is 1. The van der Waals surface area contributed by atoms with Crippen molar-refractivity contribution in [3.05, 3.63) is 64.6 Å². The molecule has 2 aromatic carbocycles. The predicted molar refractivity (Wildman–Crippen MR) is 103 cm³/mol. The number of methoxy groups -OCH3 is 1. The van der Waals surface area contributed by atoms with Gasteiger partial charge in [-0.1, -0.05) is 0 Å². The Morgan fingerprint density at radius 2 is 1.79 bits per heavy atom. The second-order valence-electron chi connectivity index (χ2n) is 7.05. The third-order valence-corrected chi connectivity index (χ3v) is 5.23. The van der Waals surface area contributed by atoms with Crippen LogP contribution >= 0.6 is 0 Å². The van der Waals surface area contributed by atoms with Crippen molar-refractivity contribution in [1.29, 1.82) is 0 Å². The van der Waals surface area contributed by atoms with Crippen molar-refractivity contribution in [1.82, 2.24) is 4.98 Å². The second kappa shape index (κ2) is 7.70. The summed E-state index contributed by atoms with van der Waals surface area (Å²) in [4.78, 5) is 4.81. The Kier molecular flexibility index (Phi) is 5.11. The van der Waals surface area contributed by atoms with E-state index in [1.165, 1.54) is 5.56 Å². The summed E-state index contributed by atoms with van der Waals surface area (Å²) < 4.78 is 45.4. The van der Waals surface area contributed by atoms with Crippen LogP contribution in [-0.4, -0.2) is 18.6 Å². The van der Waals surface area contributed by atoms with Gasteiger partial charge in [0, 0.05) is 23.3 Å². The third-order valence-electron chi connectivity index (χ3n) is 5.23. The van der Waals surface area contributed by atoms with E-state index in [9.17, 15) is 13.2 Å². The fourth-order valence-electron chi connectivity index (χ4n) is 3.82. The molecule has 0 spiro atoms. The van der Waals surface area contributed by atoms with Crippen molar-refractivity contribution in [3.63, 3.8) is 0 Å². The zero-order valence-corrected chi connectivity index (χ0v) is 15.6. The maximum absolute atomic E-state index is 13.4. The lowest BCUT2D eigenvalue weighted by Gasteiger charge is -2.22. The summed E-state index contributed by atoms with van der Waals surface area (Å²) in [5.41, 5.74) is 4.60. The lowest BCUT2D eigenvalue weighted by Crippen LogP contribution is -2.13. The standard InChI is InChI=1S/C22H21F3N2O/c1-28-14-6-7-20-16(12-14)22(15-4-2-3-5-19(15)27-20)26-9-8-13-10-17(23)21(25)18(24)11-13/h6-7,10-12H,2-5,8-9H2,1H3,(H,26,27). The number of ether oxygens (including phenoxy) is 1. The van der Waals surface area contributed by atoms with Gasteiger partial charge < -0.3 is 10.1 Å². The van der Waals surface area contributed by atoms with Crippen molar-refractivity contribution in [3.8, 4) is 5.75 Å². The zero-order valence-electron chi connectivity index (χ0n) is 15.6. The van der Waals surface area contributed by atoms with Gasteiger partial charge in [-0.25, -0.2) is 13.2 Å². The lowest BCUT2D eigenvalue weighted by molar-refractivity contribution is 0.415. The van der Waals surface area contributed by atoms with E-state index in [0.29, 0.717) is 18.5 Å². The smallest absolute Gasteiger partial charge is 0.194 e. The van der Waals surface area contributed by atoms with Gasteiger partial charge in [0.25, 0.3) is 0 Å². The van der Waals surface area contributed by atoms with Crippen molar-refractivity contribution >= 4 is 16.6 Å². The first-order valence-electron chi connectivity index (χ1n) is 9.43. The summed E-state index contributed by atoms with van der Waals surface area (Å²) in [7, 11) is 1.62. The van der Waals surface area contributed by atoms with Gasteiger partial charge in [0.05, 0.1) is 12.6 Å². The Labute approximate surface area is 161 Å². The molecule has 0 saturated heterocycles. The van der Waals surface area contributed by atoms with Crippen molar-refractivity contribution in [2.24, 2.45) is 0 Å². The predicted octanol–water partition coefficient (Wildman–Crippen LogP) is 5.19. The van der Waals surface area contributed by atoms with Gasteiger partial charge >= 0.3 is 0 Å². The summed E-state index contributed by atoms with van der Waals surface area (Å²) in [5.74, 6) is -3.01. The molecule has 0 radical (unpaired) electrons. The number of hydrogen-bond donors (Lipinski definition) is 1. The molecule has 6 heteroatoms. The van der Waals surface area contributed by atoms with E-state index in [0.717, 1.165) is 65.8 Å². The van der Waals surface area contributed by atoms with E-state index in [1.54, 1.807) is 7.11 Å². The molecule has 0 atom stereocenters. The van der Waals surface area contributed by atoms with Crippen LogP contribution in [0.1, 0.15) is 29.7 Å². The van der Waals surface area contributed by atoms with Gasteiger partial charge in [0.15, 0.2) is 17.5 Å². The molecule has 0 aliphatic heterocycles. The summed E-state index contributed by atoms with van der Waals surface area (Å²) in [6, 6.07) is 7.88. The molecule has 1 aliphatic carbocycles. The van der Waals surface area contributed by atoms with E-state index in [4.69, 9.17) is 9.72 Å². The number of aromatic nitrogens is 1. The van der Waals surface area contributed by atoms with Crippen molar-refractivity contribution in [2.45, 2.75) is 32.1 Å².